The minimum atomic E-state index is -0.0441. The molecule has 0 spiro atoms. The molecule has 4 nitrogen and oxygen atoms in total. The zero-order chi connectivity index (χ0) is 15.4. The van der Waals surface area contributed by atoms with Crippen molar-refractivity contribution in [3.05, 3.63) is 65.2 Å². The minimum Gasteiger partial charge on any atom is -0.399 e. The van der Waals surface area contributed by atoms with Crippen molar-refractivity contribution in [1.82, 2.24) is 10.2 Å². The van der Waals surface area contributed by atoms with E-state index in [9.17, 15) is 4.79 Å². The van der Waals surface area contributed by atoms with E-state index in [1.54, 1.807) is 24.3 Å². The van der Waals surface area contributed by atoms with Crippen LogP contribution in [-0.4, -0.2) is 30.4 Å². The Morgan fingerprint density at radius 2 is 1.82 bits per heavy atom. The van der Waals surface area contributed by atoms with Crippen LogP contribution < -0.4 is 11.1 Å². The van der Waals surface area contributed by atoms with Gasteiger partial charge in [-0.25, -0.2) is 0 Å². The van der Waals surface area contributed by atoms with Crippen molar-refractivity contribution in [1.29, 1.82) is 0 Å². The highest BCUT2D eigenvalue weighted by Gasteiger charge is 2.15. The van der Waals surface area contributed by atoms with Gasteiger partial charge in [-0.15, -0.1) is 0 Å². The molecule has 114 valence electrons. The van der Waals surface area contributed by atoms with Crippen LogP contribution >= 0.6 is 0 Å². The lowest BCUT2D eigenvalue weighted by Crippen LogP contribution is -2.37. The third-order valence-electron chi connectivity index (χ3n) is 4.10. The first-order valence-corrected chi connectivity index (χ1v) is 7.65. The number of fused-ring (bicyclic) bond motifs is 1. The number of carbonyl (C=O) groups is 1. The Morgan fingerprint density at radius 3 is 2.59 bits per heavy atom. The summed E-state index contributed by atoms with van der Waals surface area (Å²) in [6.07, 6.45) is 1.09. The van der Waals surface area contributed by atoms with E-state index in [0.717, 1.165) is 26.1 Å². The van der Waals surface area contributed by atoms with Crippen molar-refractivity contribution in [3.8, 4) is 0 Å². The number of nitrogens with zero attached hydrogens (tertiary/aromatic N) is 1. The van der Waals surface area contributed by atoms with E-state index in [4.69, 9.17) is 5.73 Å². The summed E-state index contributed by atoms with van der Waals surface area (Å²) in [5, 5.41) is 2.97. The Kier molecular flexibility index (Phi) is 4.39. The Hall–Kier alpha value is -2.33. The second-order valence-electron chi connectivity index (χ2n) is 5.67. The number of carbonyl (C=O) groups excluding carboxylic acids is 1. The van der Waals surface area contributed by atoms with Gasteiger partial charge in [-0.2, -0.15) is 0 Å². The van der Waals surface area contributed by atoms with Crippen LogP contribution in [0.3, 0.4) is 0 Å². The van der Waals surface area contributed by atoms with Crippen molar-refractivity contribution >= 4 is 11.6 Å². The van der Waals surface area contributed by atoms with Gasteiger partial charge in [0.25, 0.3) is 5.91 Å². The number of amides is 1. The fraction of sp³-hybridized carbons (Fsp3) is 0.278. The van der Waals surface area contributed by atoms with E-state index >= 15 is 0 Å². The van der Waals surface area contributed by atoms with E-state index in [2.05, 4.69) is 34.5 Å². The summed E-state index contributed by atoms with van der Waals surface area (Å²) in [7, 11) is 0. The smallest absolute Gasteiger partial charge is 0.251 e. The quantitative estimate of drug-likeness (QED) is 0.849. The number of nitrogens with two attached hydrogens (primary N) is 1. The Bertz CT molecular complexity index is 652. The molecule has 0 radical (unpaired) electrons. The molecule has 1 aliphatic rings. The van der Waals surface area contributed by atoms with Gasteiger partial charge in [0.05, 0.1) is 0 Å². The number of nitrogens with one attached hydrogen (secondary N) is 1. The zero-order valence-electron chi connectivity index (χ0n) is 12.6. The van der Waals surface area contributed by atoms with Gasteiger partial charge in [0.1, 0.15) is 0 Å². The van der Waals surface area contributed by atoms with Gasteiger partial charge in [-0.05, 0) is 41.8 Å². The van der Waals surface area contributed by atoms with Gasteiger partial charge in [0.2, 0.25) is 0 Å². The largest absolute Gasteiger partial charge is 0.399 e. The molecule has 0 aromatic heterocycles. The first-order valence-electron chi connectivity index (χ1n) is 7.65. The van der Waals surface area contributed by atoms with E-state index in [1.807, 2.05) is 0 Å². The summed E-state index contributed by atoms with van der Waals surface area (Å²) < 4.78 is 0. The minimum absolute atomic E-state index is 0.0441. The molecule has 3 rings (SSSR count). The van der Waals surface area contributed by atoms with Crippen LogP contribution in [0.1, 0.15) is 21.5 Å². The average Bonchev–Trinajstić information content (AvgIpc) is 2.55. The fourth-order valence-electron chi connectivity index (χ4n) is 2.81. The van der Waals surface area contributed by atoms with Crippen LogP contribution in [0.2, 0.25) is 0 Å². The summed E-state index contributed by atoms with van der Waals surface area (Å²) in [6.45, 7) is 3.54. The molecule has 4 heteroatoms. The standard InChI is InChI=1S/C18H21N3O/c19-17-7-5-15(6-8-17)18(22)20-10-12-21-11-9-14-3-1-2-4-16(14)13-21/h1-8H,9-13,19H2,(H,20,22). The van der Waals surface area contributed by atoms with Crippen molar-refractivity contribution in [2.45, 2.75) is 13.0 Å². The number of anilines is 1. The number of nitrogen functional groups attached to an aromatic ring is 1. The van der Waals surface area contributed by atoms with Gasteiger partial charge < -0.3 is 11.1 Å². The molecule has 0 aliphatic carbocycles. The molecule has 0 unspecified atom stereocenters. The molecule has 0 fully saturated rings. The van der Waals surface area contributed by atoms with Crippen molar-refractivity contribution in [3.63, 3.8) is 0 Å². The maximum atomic E-state index is 12.0. The Morgan fingerprint density at radius 1 is 1.09 bits per heavy atom. The van der Waals surface area contributed by atoms with E-state index < -0.39 is 0 Å². The molecular weight excluding hydrogens is 274 g/mol. The van der Waals surface area contributed by atoms with Crippen LogP contribution in [0, 0.1) is 0 Å². The van der Waals surface area contributed by atoms with Crippen molar-refractivity contribution in [2.75, 3.05) is 25.4 Å². The van der Waals surface area contributed by atoms with Gasteiger partial charge in [0, 0.05) is 37.4 Å². The summed E-state index contributed by atoms with van der Waals surface area (Å²) in [5.74, 6) is -0.0441. The summed E-state index contributed by atoms with van der Waals surface area (Å²) >= 11 is 0. The fourth-order valence-corrected chi connectivity index (χ4v) is 2.81. The normalized spacial score (nSPS) is 14.4. The third-order valence-corrected chi connectivity index (χ3v) is 4.10. The highest BCUT2D eigenvalue weighted by molar-refractivity contribution is 5.94. The number of benzene rings is 2. The maximum Gasteiger partial charge on any atom is 0.251 e. The first-order chi connectivity index (χ1) is 10.7. The lowest BCUT2D eigenvalue weighted by molar-refractivity contribution is 0.0947. The van der Waals surface area contributed by atoms with Crippen LogP contribution in [0.5, 0.6) is 0 Å². The summed E-state index contributed by atoms with van der Waals surface area (Å²) in [4.78, 5) is 14.4. The molecule has 2 aromatic rings. The SMILES string of the molecule is Nc1ccc(C(=O)NCCN2CCc3ccccc3C2)cc1. The molecule has 1 heterocycles. The van der Waals surface area contributed by atoms with E-state index in [0.29, 0.717) is 17.8 Å². The van der Waals surface area contributed by atoms with Gasteiger partial charge in [-0.3, -0.25) is 9.69 Å². The lowest BCUT2D eigenvalue weighted by Gasteiger charge is -2.28. The number of rotatable bonds is 4. The summed E-state index contributed by atoms with van der Waals surface area (Å²) in [5.41, 5.74) is 9.80. The first kappa shape index (κ1) is 14.6. The number of hydrogen-bond donors (Lipinski definition) is 2. The van der Waals surface area contributed by atoms with Crippen LogP contribution in [0.15, 0.2) is 48.5 Å². The van der Waals surface area contributed by atoms with Gasteiger partial charge >= 0.3 is 0 Å². The second kappa shape index (κ2) is 6.62. The van der Waals surface area contributed by atoms with Gasteiger partial charge in [0.15, 0.2) is 0 Å². The van der Waals surface area contributed by atoms with Crippen LogP contribution in [-0.2, 0) is 13.0 Å². The van der Waals surface area contributed by atoms with Crippen LogP contribution in [0.4, 0.5) is 5.69 Å². The molecule has 22 heavy (non-hydrogen) atoms. The van der Waals surface area contributed by atoms with Gasteiger partial charge in [-0.1, -0.05) is 24.3 Å². The molecule has 3 N–H and O–H groups in total. The third kappa shape index (κ3) is 3.46. The molecular formula is C18H21N3O. The average molecular weight is 295 g/mol. The molecule has 0 bridgehead atoms. The molecule has 0 saturated heterocycles. The van der Waals surface area contributed by atoms with E-state index in [1.165, 1.54) is 11.1 Å². The molecule has 0 saturated carbocycles. The highest BCUT2D eigenvalue weighted by atomic mass is 16.1. The lowest BCUT2D eigenvalue weighted by atomic mass is 10.00. The molecule has 0 atom stereocenters. The second-order valence-corrected chi connectivity index (χ2v) is 5.67. The van der Waals surface area contributed by atoms with Crippen molar-refractivity contribution < 1.29 is 4.79 Å². The number of hydrogen-bond acceptors (Lipinski definition) is 3. The molecule has 1 aliphatic heterocycles. The van der Waals surface area contributed by atoms with Crippen LogP contribution in [0.25, 0.3) is 0 Å². The summed E-state index contributed by atoms with van der Waals surface area (Å²) in [6, 6.07) is 15.6. The van der Waals surface area contributed by atoms with Crippen molar-refractivity contribution in [2.24, 2.45) is 0 Å². The monoisotopic (exact) mass is 295 g/mol. The predicted molar refractivity (Wildman–Crippen MR) is 88.6 cm³/mol. The maximum absolute atomic E-state index is 12.0. The Labute approximate surface area is 130 Å². The zero-order valence-corrected chi connectivity index (χ0v) is 12.6. The van der Waals surface area contributed by atoms with E-state index in [-0.39, 0.29) is 5.91 Å². The molecule has 1 amide bonds. The highest BCUT2D eigenvalue weighted by Crippen LogP contribution is 2.17. The Balaban J connectivity index is 1.48. The topological polar surface area (TPSA) is 58.4 Å². The molecule has 2 aromatic carbocycles. The predicted octanol–water partition coefficient (Wildman–Crippen LogP) is 2.06.